The summed E-state index contributed by atoms with van der Waals surface area (Å²) in [6.45, 7) is 1.28. The number of halogens is 2. The van der Waals surface area contributed by atoms with E-state index in [2.05, 4.69) is 41.4 Å². The van der Waals surface area contributed by atoms with Crippen LogP contribution in [0, 0.1) is 0 Å². The Morgan fingerprint density at radius 3 is 1.82 bits per heavy atom. The van der Waals surface area contributed by atoms with Crippen molar-refractivity contribution >= 4 is 54.5 Å². The summed E-state index contributed by atoms with van der Waals surface area (Å²) in [5.41, 5.74) is 0. The van der Waals surface area contributed by atoms with Gasteiger partial charge in [0.1, 0.15) is 0 Å². The normalized spacial score (nSPS) is 9.29. The maximum absolute atomic E-state index is 11.0. The lowest BCUT2D eigenvalue weighted by atomic mass is 9.99. The zero-order chi connectivity index (χ0) is 13.9. The second-order valence-corrected chi connectivity index (χ2v) is 4.28. The van der Waals surface area contributed by atoms with Gasteiger partial charge in [-0.15, -0.1) is 0 Å². The minimum atomic E-state index is -3.50. The summed E-state index contributed by atoms with van der Waals surface area (Å²) in [6.07, 6.45) is 0. The molecule has 0 saturated carbocycles. The van der Waals surface area contributed by atoms with E-state index in [1.807, 2.05) is 0 Å². The quantitative estimate of drug-likeness (QED) is 0.380. The predicted octanol–water partition coefficient (Wildman–Crippen LogP) is 1.88. The summed E-state index contributed by atoms with van der Waals surface area (Å²) < 4.78 is 26.3. The highest BCUT2D eigenvalue weighted by Gasteiger charge is 2.10. The molecule has 0 heterocycles. The maximum Gasteiger partial charge on any atom is 0.448 e. The molecule has 0 radical (unpaired) electrons. The monoisotopic (exact) mass is 486 g/mol. The zero-order valence-corrected chi connectivity index (χ0v) is 14.4. The van der Waals surface area contributed by atoms with Crippen molar-refractivity contribution in [3.63, 3.8) is 0 Å². The van der Waals surface area contributed by atoms with E-state index in [1.165, 1.54) is 19.0 Å². The summed E-state index contributed by atoms with van der Waals surface area (Å²) in [5.74, 6) is 0. The maximum atomic E-state index is 11.0. The molecule has 0 unspecified atom stereocenters. The first-order chi connectivity index (χ1) is 7.90. The van der Waals surface area contributed by atoms with Gasteiger partial charge in [-0.05, 0) is 19.0 Å². The molecule has 0 aromatic heterocycles. The van der Waals surface area contributed by atoms with Crippen molar-refractivity contribution in [1.29, 1.82) is 0 Å². The van der Waals surface area contributed by atoms with Crippen LogP contribution >= 0.6 is 37.2 Å². The Kier molecular flexibility index (Phi) is 13.6. The van der Waals surface area contributed by atoms with E-state index in [0.29, 0.717) is 0 Å². The van der Waals surface area contributed by atoms with Crippen molar-refractivity contribution in [2.45, 2.75) is 11.7 Å². The summed E-state index contributed by atoms with van der Waals surface area (Å²) in [5, 5.41) is 15.2. The summed E-state index contributed by atoms with van der Waals surface area (Å²) >= 11 is 4.24. The Hall–Kier alpha value is 0.575. The molecule has 0 bridgehead atoms. The molecule has 0 fully saturated rings. The minimum Gasteiger partial charge on any atom is -0.427 e. The first-order valence-electron chi connectivity index (χ1n) is 4.26. The zero-order valence-electron chi connectivity index (χ0n) is 9.25. The van der Waals surface area contributed by atoms with Crippen molar-refractivity contribution in [2.75, 3.05) is 7.11 Å². The van der Waals surface area contributed by atoms with Gasteiger partial charge in [0.05, 0.1) is 12.0 Å². The van der Waals surface area contributed by atoms with E-state index in [4.69, 9.17) is 10.0 Å². The molecule has 9 heteroatoms. The van der Waals surface area contributed by atoms with E-state index >= 15 is 0 Å². The molecule has 1 rings (SSSR count). The fraction of sp³-hybridized carbons (Fsp3) is 0.250. The molecule has 5 nitrogen and oxygen atoms in total. The van der Waals surface area contributed by atoms with Gasteiger partial charge in [-0.2, -0.15) is 8.42 Å². The molecule has 0 spiro atoms. The number of hydrogen-bond acceptors (Lipinski definition) is 5. The van der Waals surface area contributed by atoms with Crippen LogP contribution in [0.25, 0.3) is 0 Å². The number of benzene rings is 1. The van der Waals surface area contributed by atoms with Gasteiger partial charge >= 0.3 is 7.12 Å². The van der Waals surface area contributed by atoms with Crippen molar-refractivity contribution in [1.82, 2.24) is 0 Å². The molecule has 0 amide bonds. The third-order valence-electron chi connectivity index (χ3n) is 1.25. The van der Waals surface area contributed by atoms with Crippen LogP contribution in [0.2, 0.25) is 6.82 Å². The molecule has 0 aliphatic rings. The second-order valence-electron chi connectivity index (χ2n) is 2.57. The molecule has 0 saturated heterocycles. The summed E-state index contributed by atoms with van der Waals surface area (Å²) in [7, 11) is -3.52. The van der Waals surface area contributed by atoms with Crippen molar-refractivity contribution in [3.05, 3.63) is 30.3 Å². The summed E-state index contributed by atoms with van der Waals surface area (Å²) in [4.78, 5) is 0.183. The highest BCUT2D eigenvalue weighted by molar-refractivity contribution is 15.0. The van der Waals surface area contributed by atoms with Crippen LogP contribution in [0.3, 0.4) is 0 Å². The largest absolute Gasteiger partial charge is 0.448 e. The predicted molar refractivity (Wildman–Crippen MR) is 84.7 cm³/mol. The Labute approximate surface area is 125 Å². The average Bonchev–Trinajstić information content (AvgIpc) is 2.32. The molecule has 2 N–H and O–H groups in total. The van der Waals surface area contributed by atoms with Gasteiger partial charge < -0.3 is 10.0 Å². The van der Waals surface area contributed by atoms with Crippen LogP contribution in [0.5, 0.6) is 0 Å². The highest BCUT2D eigenvalue weighted by atomic mass is 128. The van der Waals surface area contributed by atoms with E-state index in [-0.39, 0.29) is 4.90 Å². The van der Waals surface area contributed by atoms with Crippen molar-refractivity contribution in [2.24, 2.45) is 0 Å². The van der Waals surface area contributed by atoms with E-state index < -0.39 is 17.2 Å². The lowest BCUT2D eigenvalue weighted by Gasteiger charge is -1.98. The fourth-order valence-electron chi connectivity index (χ4n) is 0.683. The summed E-state index contributed by atoms with van der Waals surface area (Å²) in [6, 6.07) is 8.00. The Bertz CT molecular complexity index is 368. The first-order valence-corrected chi connectivity index (χ1v) is 12.0. The van der Waals surface area contributed by atoms with Gasteiger partial charge in [0.2, 0.25) is 0 Å². The number of hydrogen-bond donors (Lipinski definition) is 2. The fourth-order valence-corrected chi connectivity index (χ4v) is 1.37. The van der Waals surface area contributed by atoms with Gasteiger partial charge in [0, 0.05) is 37.2 Å². The molecule has 0 aliphatic heterocycles. The highest BCUT2D eigenvalue weighted by Crippen LogP contribution is 2.09. The molecule has 17 heavy (non-hydrogen) atoms. The SMILES string of the molecule is CB(O)O.COS(=O)(=O)c1ccccc1.II. The second kappa shape index (κ2) is 11.7. The molecule has 98 valence electrons. The molecular weight excluding hydrogens is 473 g/mol. The van der Waals surface area contributed by atoms with Crippen LogP contribution in [0.15, 0.2) is 35.2 Å². The van der Waals surface area contributed by atoms with Crippen LogP contribution in [-0.4, -0.2) is 32.7 Å². The lowest BCUT2D eigenvalue weighted by Crippen LogP contribution is -2.01. The molecule has 1 aromatic rings. The van der Waals surface area contributed by atoms with Crippen molar-refractivity contribution < 1.29 is 22.6 Å². The Balaban J connectivity index is 0. The van der Waals surface area contributed by atoms with Crippen molar-refractivity contribution in [3.8, 4) is 0 Å². The van der Waals surface area contributed by atoms with Crippen LogP contribution < -0.4 is 0 Å². The van der Waals surface area contributed by atoms with E-state index in [0.717, 1.165) is 7.11 Å². The Morgan fingerprint density at radius 2 is 1.53 bits per heavy atom. The van der Waals surface area contributed by atoms with Gasteiger partial charge in [0.25, 0.3) is 10.1 Å². The molecule has 1 aromatic carbocycles. The van der Waals surface area contributed by atoms with E-state index in [9.17, 15) is 8.42 Å². The van der Waals surface area contributed by atoms with Crippen LogP contribution in [0.1, 0.15) is 0 Å². The van der Waals surface area contributed by atoms with Crippen LogP contribution in [0.4, 0.5) is 0 Å². The van der Waals surface area contributed by atoms with Crippen LogP contribution in [-0.2, 0) is 14.3 Å². The molecular formula is C8H13BI2O5S. The van der Waals surface area contributed by atoms with Gasteiger partial charge in [0.15, 0.2) is 0 Å². The standard InChI is InChI=1S/C7H8O3S.CH5BO2.I2/c1-10-11(8,9)7-5-3-2-4-6-7;1-2(3)4;1-2/h2-6H,1H3;3-4H,1H3;. The van der Waals surface area contributed by atoms with Gasteiger partial charge in [-0.1, -0.05) is 18.2 Å². The first kappa shape index (κ1) is 19.9. The molecule has 0 aliphatic carbocycles. The third kappa shape index (κ3) is 11.4. The Morgan fingerprint density at radius 1 is 1.18 bits per heavy atom. The van der Waals surface area contributed by atoms with Gasteiger partial charge in [-0.3, -0.25) is 4.18 Å². The number of rotatable bonds is 2. The lowest BCUT2D eigenvalue weighted by molar-refractivity contribution is 0.397. The third-order valence-corrected chi connectivity index (χ3v) is 2.54. The average molecular weight is 486 g/mol. The van der Waals surface area contributed by atoms with E-state index in [1.54, 1.807) is 18.2 Å². The molecule has 0 atom stereocenters. The van der Waals surface area contributed by atoms with Gasteiger partial charge in [-0.25, -0.2) is 0 Å². The smallest absolute Gasteiger partial charge is 0.427 e. The topological polar surface area (TPSA) is 83.8 Å². The minimum absolute atomic E-state index is 0.183.